The summed E-state index contributed by atoms with van der Waals surface area (Å²) in [7, 11) is 18.4. The Bertz CT molecular complexity index is 1930. The van der Waals surface area contributed by atoms with Gasteiger partial charge in [-0.05, 0) is 0 Å². The van der Waals surface area contributed by atoms with Gasteiger partial charge in [0.2, 0.25) is 0 Å². The SMILES string of the molecule is CCCc1ccc(C)c2c1C(C)=C(C)[CH]2[Zr]([Cl])([Cl])([CH]1C(C)=C(C)c2c(CCC)ccc(C)c21)=[Si](c1ccc(Cl)cc1)c1ccc(Cl)cc1. The predicted octanol–water partition coefficient (Wildman–Crippen LogP) is 12.7. The van der Waals surface area contributed by atoms with Crippen LogP contribution in [-0.4, -0.2) is 5.43 Å². The maximum absolute atomic E-state index is 9.19. The van der Waals surface area contributed by atoms with Crippen molar-refractivity contribution in [2.24, 2.45) is 0 Å². The molecule has 4 aromatic rings. The predicted molar refractivity (Wildman–Crippen MR) is 212 cm³/mol. The summed E-state index contributed by atoms with van der Waals surface area (Å²) in [5, 5.41) is 3.85. The maximum atomic E-state index is 9.19. The second-order valence-corrected chi connectivity index (χ2v) is 50.1. The van der Waals surface area contributed by atoms with Crippen LogP contribution in [-0.2, 0) is 27.9 Å². The van der Waals surface area contributed by atoms with Crippen LogP contribution in [0.1, 0.15) is 106 Å². The van der Waals surface area contributed by atoms with Crippen LogP contribution in [0.4, 0.5) is 0 Å². The van der Waals surface area contributed by atoms with Gasteiger partial charge in [0, 0.05) is 0 Å². The van der Waals surface area contributed by atoms with E-state index in [1.165, 1.54) is 77.2 Å². The topological polar surface area (TPSA) is 0 Å². The molecule has 0 saturated carbocycles. The summed E-state index contributed by atoms with van der Waals surface area (Å²) in [6.45, 7) is 18.4. The van der Waals surface area contributed by atoms with E-state index in [9.17, 15) is 17.0 Å². The molecule has 6 heteroatoms. The van der Waals surface area contributed by atoms with E-state index in [2.05, 4.69) is 104 Å². The zero-order valence-corrected chi connectivity index (χ0v) is 35.9. The van der Waals surface area contributed by atoms with Crippen molar-refractivity contribution in [3.05, 3.63) is 138 Å². The van der Waals surface area contributed by atoms with E-state index in [-0.39, 0.29) is 7.25 Å². The molecule has 2 aliphatic rings. The summed E-state index contributed by atoms with van der Waals surface area (Å²) >= 11 is 7.64. The molecule has 250 valence electrons. The average Bonchev–Trinajstić information content (AvgIpc) is 3.50. The number of halogens is 4. The molecule has 0 nitrogen and oxygen atoms in total. The van der Waals surface area contributed by atoms with Gasteiger partial charge < -0.3 is 0 Å². The first-order chi connectivity index (χ1) is 22.8. The normalized spacial score (nSPS) is 17.7. The summed E-state index contributed by atoms with van der Waals surface area (Å²) < 4.78 is -0.121. The molecular weight excluding hydrogens is 766 g/mol. The van der Waals surface area contributed by atoms with Crippen molar-refractivity contribution in [1.82, 2.24) is 0 Å². The second kappa shape index (κ2) is 13.6. The van der Waals surface area contributed by atoms with Crippen molar-refractivity contribution in [3.8, 4) is 0 Å². The first-order valence-corrected chi connectivity index (χ1v) is 32.4. The van der Waals surface area contributed by atoms with E-state index < -0.39 is 20.4 Å². The zero-order chi connectivity index (χ0) is 34.7. The second-order valence-electron chi connectivity index (χ2n) is 14.2. The molecule has 2 atom stereocenters. The Balaban J connectivity index is 1.90. The van der Waals surface area contributed by atoms with Crippen molar-refractivity contribution in [1.29, 1.82) is 0 Å². The first kappa shape index (κ1) is 36.4. The molecule has 6 rings (SSSR count). The molecule has 48 heavy (non-hydrogen) atoms. The van der Waals surface area contributed by atoms with Gasteiger partial charge in [0.25, 0.3) is 0 Å². The van der Waals surface area contributed by atoms with Gasteiger partial charge in [-0.15, -0.1) is 0 Å². The summed E-state index contributed by atoms with van der Waals surface area (Å²) in [6.07, 6.45) is 4.24. The van der Waals surface area contributed by atoms with Gasteiger partial charge in [0.15, 0.2) is 0 Å². The monoisotopic (exact) mass is 808 g/mol. The van der Waals surface area contributed by atoms with Crippen LogP contribution in [0, 0.1) is 13.8 Å². The van der Waals surface area contributed by atoms with Crippen molar-refractivity contribution < 1.29 is 15.0 Å². The van der Waals surface area contributed by atoms with Crippen LogP contribution in [0.2, 0.25) is 10.0 Å². The number of hydrogen-bond acceptors (Lipinski definition) is 0. The molecule has 0 radical (unpaired) electrons. The van der Waals surface area contributed by atoms with Crippen LogP contribution >= 0.6 is 40.2 Å². The summed E-state index contributed by atoms with van der Waals surface area (Å²) in [4.78, 5) is 0. The van der Waals surface area contributed by atoms with Gasteiger partial charge in [-0.3, -0.25) is 0 Å². The van der Waals surface area contributed by atoms with Crippen LogP contribution in [0.3, 0.4) is 0 Å². The molecular formula is C42H46Cl4SiZr. The van der Waals surface area contributed by atoms with Crippen LogP contribution < -0.4 is 10.4 Å². The van der Waals surface area contributed by atoms with Crippen molar-refractivity contribution >= 4 is 67.2 Å². The van der Waals surface area contributed by atoms with E-state index in [0.29, 0.717) is 10.0 Å². The molecule has 0 amide bonds. The number of hydrogen-bond donors (Lipinski definition) is 0. The van der Waals surface area contributed by atoms with E-state index in [1.54, 1.807) is 0 Å². The Kier molecular flexibility index (Phi) is 10.3. The molecule has 0 bridgehead atoms. The fraction of sp³-hybridized carbons (Fsp3) is 0.333. The standard InChI is InChI=1S/2C15H19.C12H8Cl2Si.2ClH.Zr/c2*1-5-6-13-8-7-10(2)14-9-11(3)12(4)15(13)14;13-9-1-5-11(6-2-9)15-12-7-3-10(14)4-8-12;;;/h2*7-9H,5-6H2,1-4H3;1-8H;2*1H;/q;;;;;+2/p-2. The number of fused-ring (bicyclic) bond motifs is 2. The van der Waals surface area contributed by atoms with Gasteiger partial charge in [0.05, 0.1) is 0 Å². The Hall–Kier alpha value is -1.38. The van der Waals surface area contributed by atoms with E-state index >= 15 is 0 Å². The number of allylic oxidation sites excluding steroid dienone is 4. The number of rotatable bonds is 8. The van der Waals surface area contributed by atoms with Gasteiger partial charge in [0.1, 0.15) is 0 Å². The van der Waals surface area contributed by atoms with Crippen molar-refractivity contribution in [2.75, 3.05) is 0 Å². The van der Waals surface area contributed by atoms with Crippen LogP contribution in [0.15, 0.2) is 83.9 Å². The minimum atomic E-state index is -5.50. The zero-order valence-electron chi connectivity index (χ0n) is 29.4. The fourth-order valence-electron chi connectivity index (χ4n) is 9.11. The summed E-state index contributed by atoms with van der Waals surface area (Å²) in [5.74, 6) is 0. The van der Waals surface area contributed by atoms with Crippen molar-refractivity contribution in [3.63, 3.8) is 0 Å². The van der Waals surface area contributed by atoms with Gasteiger partial charge in [-0.1, -0.05) is 0 Å². The first-order valence-electron chi connectivity index (χ1n) is 17.3. The van der Waals surface area contributed by atoms with E-state index in [1.807, 2.05) is 24.3 Å². The van der Waals surface area contributed by atoms with Gasteiger partial charge >= 0.3 is 309 Å². The molecule has 0 N–H and O–H groups in total. The quantitative estimate of drug-likeness (QED) is 0.156. The van der Waals surface area contributed by atoms with E-state index in [0.717, 1.165) is 25.7 Å². The Morgan fingerprint density at radius 1 is 0.542 bits per heavy atom. The summed E-state index contributed by atoms with van der Waals surface area (Å²) in [5.41, 5.74) is 14.5. The van der Waals surface area contributed by atoms with Crippen molar-refractivity contribution in [2.45, 2.75) is 88.3 Å². The summed E-state index contributed by atoms with van der Waals surface area (Å²) in [6, 6.07) is 26.2. The average molecular weight is 812 g/mol. The third-order valence-electron chi connectivity index (χ3n) is 11.3. The third kappa shape index (κ3) is 5.65. The van der Waals surface area contributed by atoms with E-state index in [4.69, 9.17) is 23.2 Å². The molecule has 0 aliphatic heterocycles. The van der Waals surface area contributed by atoms with Crippen LogP contribution in [0.25, 0.3) is 11.1 Å². The molecule has 0 saturated heterocycles. The molecule has 2 aliphatic carbocycles. The molecule has 0 spiro atoms. The fourth-order valence-corrected chi connectivity index (χ4v) is 55.9. The van der Waals surface area contributed by atoms with Crippen LogP contribution in [0.5, 0.6) is 0 Å². The number of aryl methyl sites for hydroxylation is 4. The third-order valence-corrected chi connectivity index (χ3v) is 49.9. The Morgan fingerprint density at radius 3 is 1.23 bits per heavy atom. The van der Waals surface area contributed by atoms with Gasteiger partial charge in [-0.2, -0.15) is 0 Å². The molecule has 0 heterocycles. The molecule has 0 fully saturated rings. The molecule has 0 aromatic heterocycles. The minimum absolute atomic E-state index is 0.0604. The Labute approximate surface area is 306 Å². The molecule has 4 aromatic carbocycles. The number of benzene rings is 4. The van der Waals surface area contributed by atoms with Gasteiger partial charge in [-0.25, -0.2) is 0 Å². The Morgan fingerprint density at radius 2 is 0.896 bits per heavy atom. The molecule has 2 unspecified atom stereocenters.